The zero-order valence-electron chi connectivity index (χ0n) is 15.7. The van der Waals surface area contributed by atoms with Crippen LogP contribution < -0.4 is 10.1 Å². The van der Waals surface area contributed by atoms with Gasteiger partial charge in [0.2, 0.25) is 0 Å². The van der Waals surface area contributed by atoms with Gasteiger partial charge in [-0.25, -0.2) is 9.37 Å². The number of aromatic amines is 1. The molecule has 0 atom stereocenters. The van der Waals surface area contributed by atoms with Crippen molar-refractivity contribution in [3.05, 3.63) is 81.1 Å². The molecule has 0 saturated heterocycles. The number of hydrogen-bond acceptors (Lipinski definition) is 4. The predicted octanol–water partition coefficient (Wildman–Crippen LogP) is 5.40. The lowest BCUT2D eigenvalue weighted by molar-refractivity contribution is 0.0946. The van der Waals surface area contributed by atoms with Gasteiger partial charge in [0.05, 0.1) is 11.6 Å². The second kappa shape index (κ2) is 8.99. The van der Waals surface area contributed by atoms with Crippen LogP contribution >= 0.6 is 23.2 Å². The summed E-state index contributed by atoms with van der Waals surface area (Å²) in [5.74, 6) is -0.622. The number of nitrogens with zero attached hydrogens (tertiary/aromatic N) is 2. The number of carbonyl (C=O) groups is 1. The van der Waals surface area contributed by atoms with E-state index in [2.05, 4.69) is 21.9 Å². The normalized spacial score (nSPS) is 10.4. The number of rotatable bonds is 6. The number of halogens is 3. The Labute approximate surface area is 181 Å². The molecule has 3 rings (SSSR count). The van der Waals surface area contributed by atoms with Crippen LogP contribution in [0.5, 0.6) is 11.5 Å². The van der Waals surface area contributed by atoms with E-state index in [9.17, 15) is 4.79 Å². The second-order valence-electron chi connectivity index (χ2n) is 6.22. The van der Waals surface area contributed by atoms with E-state index in [-0.39, 0.29) is 45.0 Å². The molecule has 2 aromatic carbocycles. The van der Waals surface area contributed by atoms with Gasteiger partial charge in [0.15, 0.2) is 16.7 Å². The zero-order chi connectivity index (χ0) is 21.8. The van der Waals surface area contributed by atoms with Crippen LogP contribution in [0.15, 0.2) is 36.9 Å². The van der Waals surface area contributed by atoms with Crippen molar-refractivity contribution >= 4 is 35.2 Å². The van der Waals surface area contributed by atoms with E-state index in [0.29, 0.717) is 11.4 Å². The average molecular weight is 445 g/mol. The van der Waals surface area contributed by atoms with Gasteiger partial charge in [-0.2, -0.15) is 5.26 Å². The number of carbonyl (C=O) groups excluding carboxylic acids is 1. The molecule has 0 aliphatic heterocycles. The van der Waals surface area contributed by atoms with Gasteiger partial charge in [0, 0.05) is 22.7 Å². The van der Waals surface area contributed by atoms with Crippen LogP contribution in [0, 0.1) is 24.1 Å². The van der Waals surface area contributed by atoms with E-state index >= 15 is 4.39 Å². The molecule has 1 amide bonds. The maximum Gasteiger partial charge on any atom is 0.271 e. The summed E-state index contributed by atoms with van der Waals surface area (Å²) < 4.78 is 20.8. The van der Waals surface area contributed by atoms with Crippen LogP contribution in [0.3, 0.4) is 0 Å². The zero-order valence-corrected chi connectivity index (χ0v) is 17.2. The number of aromatic nitrogens is 2. The van der Waals surface area contributed by atoms with Gasteiger partial charge < -0.3 is 15.0 Å². The molecular formula is C21H15Cl2FN4O2. The fraction of sp³-hybridized carbons (Fsp3) is 0.0952. The van der Waals surface area contributed by atoms with Crippen LogP contribution in [-0.4, -0.2) is 15.9 Å². The molecule has 0 bridgehead atoms. The molecule has 0 saturated carbocycles. The van der Waals surface area contributed by atoms with Gasteiger partial charge in [-0.3, -0.25) is 4.79 Å². The fourth-order valence-electron chi connectivity index (χ4n) is 2.69. The maximum atomic E-state index is 15.2. The van der Waals surface area contributed by atoms with Crippen LogP contribution in [0.4, 0.5) is 4.39 Å². The highest BCUT2D eigenvalue weighted by Gasteiger charge is 2.18. The van der Waals surface area contributed by atoms with E-state index in [1.54, 1.807) is 13.0 Å². The van der Waals surface area contributed by atoms with Crippen molar-refractivity contribution in [1.29, 1.82) is 5.26 Å². The SMILES string of the molecule is C=Cc1ccc(CNC(=O)c2[nH]c(C)nc2Cl)c(F)c1Oc1cc(Cl)cc(C#N)c1. The summed E-state index contributed by atoms with van der Waals surface area (Å²) in [6, 6.07) is 9.45. The molecule has 30 heavy (non-hydrogen) atoms. The monoisotopic (exact) mass is 444 g/mol. The van der Waals surface area contributed by atoms with Gasteiger partial charge in [-0.05, 0) is 25.1 Å². The molecule has 0 radical (unpaired) electrons. The molecule has 0 fully saturated rings. The van der Waals surface area contributed by atoms with E-state index in [1.807, 2.05) is 6.07 Å². The summed E-state index contributed by atoms with van der Waals surface area (Å²) in [6.07, 6.45) is 1.43. The number of benzene rings is 2. The molecule has 0 unspecified atom stereocenters. The third-order valence-corrected chi connectivity index (χ3v) is 4.58. The largest absolute Gasteiger partial charge is 0.454 e. The number of ether oxygens (including phenoxy) is 1. The van der Waals surface area contributed by atoms with E-state index < -0.39 is 11.7 Å². The van der Waals surface area contributed by atoms with Crippen molar-refractivity contribution in [2.24, 2.45) is 0 Å². The number of nitriles is 1. The standard InChI is InChI=1S/C21H15Cl2FN4O2/c1-3-13-4-5-14(10-26-21(29)18-20(23)28-11(2)27-18)17(24)19(13)30-16-7-12(9-25)6-15(22)8-16/h3-8H,1,10H2,2H3,(H,26,29)(H,27,28). The van der Waals surface area contributed by atoms with Crippen molar-refractivity contribution in [1.82, 2.24) is 15.3 Å². The molecule has 9 heteroatoms. The van der Waals surface area contributed by atoms with Gasteiger partial charge in [0.1, 0.15) is 17.3 Å². The Morgan fingerprint density at radius 2 is 2.17 bits per heavy atom. The molecule has 0 spiro atoms. The van der Waals surface area contributed by atoms with Crippen LogP contribution in [-0.2, 0) is 6.54 Å². The summed E-state index contributed by atoms with van der Waals surface area (Å²) in [5, 5.41) is 12.0. The summed E-state index contributed by atoms with van der Waals surface area (Å²) >= 11 is 11.9. The molecule has 2 N–H and O–H groups in total. The van der Waals surface area contributed by atoms with Crippen molar-refractivity contribution in [3.63, 3.8) is 0 Å². The minimum Gasteiger partial charge on any atom is -0.454 e. The first kappa shape index (κ1) is 21.4. The van der Waals surface area contributed by atoms with Crippen LogP contribution in [0.25, 0.3) is 6.08 Å². The number of imidazole rings is 1. The summed E-state index contributed by atoms with van der Waals surface area (Å²) in [5.41, 5.74) is 0.942. The number of aryl methyl sites for hydroxylation is 1. The highest BCUT2D eigenvalue weighted by Crippen LogP contribution is 2.33. The Morgan fingerprint density at radius 1 is 1.40 bits per heavy atom. The lowest BCUT2D eigenvalue weighted by Crippen LogP contribution is -2.24. The van der Waals surface area contributed by atoms with Gasteiger partial charge in [0.25, 0.3) is 5.91 Å². The summed E-state index contributed by atoms with van der Waals surface area (Å²) in [6.45, 7) is 5.20. The maximum absolute atomic E-state index is 15.2. The minimum absolute atomic E-state index is 0.0331. The lowest BCUT2D eigenvalue weighted by Gasteiger charge is -2.14. The van der Waals surface area contributed by atoms with Gasteiger partial charge >= 0.3 is 0 Å². The van der Waals surface area contributed by atoms with Crippen molar-refractivity contribution in [2.75, 3.05) is 0 Å². The predicted molar refractivity (Wildman–Crippen MR) is 112 cm³/mol. The van der Waals surface area contributed by atoms with Crippen LogP contribution in [0.2, 0.25) is 10.2 Å². The second-order valence-corrected chi connectivity index (χ2v) is 7.02. The lowest BCUT2D eigenvalue weighted by atomic mass is 10.1. The van der Waals surface area contributed by atoms with Crippen molar-refractivity contribution in [2.45, 2.75) is 13.5 Å². The molecule has 6 nitrogen and oxygen atoms in total. The first-order chi connectivity index (χ1) is 14.3. The molecule has 0 aliphatic rings. The Kier molecular flexibility index (Phi) is 6.40. The number of H-pyrrole nitrogens is 1. The Morgan fingerprint density at radius 3 is 2.80 bits per heavy atom. The van der Waals surface area contributed by atoms with Gasteiger partial charge in [-0.1, -0.05) is 48.0 Å². The topological polar surface area (TPSA) is 90.8 Å². The van der Waals surface area contributed by atoms with Crippen LogP contribution in [0.1, 0.15) is 33.0 Å². The molecule has 1 aromatic heterocycles. The van der Waals surface area contributed by atoms with Crippen molar-refractivity contribution in [3.8, 4) is 17.6 Å². The third-order valence-electron chi connectivity index (χ3n) is 4.09. The van der Waals surface area contributed by atoms with Gasteiger partial charge in [-0.15, -0.1) is 0 Å². The number of amides is 1. The smallest absolute Gasteiger partial charge is 0.271 e. The fourth-order valence-corrected chi connectivity index (χ4v) is 3.18. The third kappa shape index (κ3) is 4.62. The first-order valence-electron chi connectivity index (χ1n) is 8.65. The molecule has 3 aromatic rings. The molecule has 152 valence electrons. The van der Waals surface area contributed by atoms with E-state index in [0.717, 1.165) is 0 Å². The summed E-state index contributed by atoms with van der Waals surface area (Å²) in [7, 11) is 0. The molecule has 1 heterocycles. The highest BCUT2D eigenvalue weighted by atomic mass is 35.5. The quantitative estimate of drug-likeness (QED) is 0.532. The molecular weight excluding hydrogens is 430 g/mol. The highest BCUT2D eigenvalue weighted by molar-refractivity contribution is 6.32. The Bertz CT molecular complexity index is 1180. The summed E-state index contributed by atoms with van der Waals surface area (Å²) in [4.78, 5) is 19.0. The first-order valence-corrected chi connectivity index (χ1v) is 9.40. The Hall–Kier alpha value is -3.34. The minimum atomic E-state index is -0.682. The van der Waals surface area contributed by atoms with Crippen molar-refractivity contribution < 1.29 is 13.9 Å². The van der Waals surface area contributed by atoms with E-state index in [1.165, 1.54) is 30.3 Å². The number of nitrogens with one attached hydrogen (secondary N) is 2. The molecule has 0 aliphatic carbocycles. The van der Waals surface area contributed by atoms with E-state index in [4.69, 9.17) is 33.2 Å². The number of hydrogen-bond donors (Lipinski definition) is 2. The Balaban J connectivity index is 1.87. The average Bonchev–Trinajstić information content (AvgIpc) is 3.06.